The minimum atomic E-state index is 0.138. The van der Waals surface area contributed by atoms with Crippen molar-refractivity contribution >= 4 is 32.8 Å². The van der Waals surface area contributed by atoms with Crippen LogP contribution in [0.5, 0.6) is 0 Å². The van der Waals surface area contributed by atoms with Crippen molar-refractivity contribution < 1.29 is 4.42 Å². The van der Waals surface area contributed by atoms with Crippen molar-refractivity contribution in [2.24, 2.45) is 0 Å². The van der Waals surface area contributed by atoms with Crippen LogP contribution >= 0.6 is 0 Å². The fraction of sp³-hybridized carbons (Fsp3) is 0.161. The van der Waals surface area contributed by atoms with E-state index in [0.717, 1.165) is 38.9 Å². The van der Waals surface area contributed by atoms with Gasteiger partial charge in [0.15, 0.2) is 0 Å². The van der Waals surface area contributed by atoms with Crippen LogP contribution in [0.3, 0.4) is 0 Å². The standard InChI is InChI=1S/C31H26N2O/c1-19-8-13-26-25-6-5-7-27(29(25)34-30(26)33-19)28-18-23(14-15-32-28)20-9-10-22-17-24(31(2,3)4)12-11-21(22)16-20/h5-18H,1-4H3. The zero-order valence-electron chi connectivity index (χ0n) is 19.9. The highest BCUT2D eigenvalue weighted by Gasteiger charge is 2.16. The Kier molecular flexibility index (Phi) is 4.56. The number of furan rings is 1. The van der Waals surface area contributed by atoms with Gasteiger partial charge in [-0.15, -0.1) is 0 Å². The zero-order valence-corrected chi connectivity index (χ0v) is 19.9. The molecule has 0 atom stereocenters. The van der Waals surface area contributed by atoms with E-state index in [1.807, 2.05) is 19.2 Å². The van der Waals surface area contributed by atoms with Crippen LogP contribution in [-0.4, -0.2) is 9.97 Å². The molecule has 3 heteroatoms. The summed E-state index contributed by atoms with van der Waals surface area (Å²) in [6.45, 7) is 8.73. The second kappa shape index (κ2) is 7.53. The van der Waals surface area contributed by atoms with Gasteiger partial charge in [-0.2, -0.15) is 0 Å². The first-order chi connectivity index (χ1) is 16.4. The first-order valence-electron chi connectivity index (χ1n) is 11.7. The van der Waals surface area contributed by atoms with Gasteiger partial charge in [0.25, 0.3) is 0 Å². The number of hydrogen-bond acceptors (Lipinski definition) is 3. The summed E-state index contributed by atoms with van der Waals surface area (Å²) in [6.07, 6.45) is 1.88. The Morgan fingerprint density at radius 2 is 1.53 bits per heavy atom. The van der Waals surface area contributed by atoms with E-state index < -0.39 is 0 Å². The van der Waals surface area contributed by atoms with E-state index in [0.29, 0.717) is 5.71 Å². The van der Waals surface area contributed by atoms with Crippen LogP contribution in [0.15, 0.2) is 89.5 Å². The summed E-state index contributed by atoms with van der Waals surface area (Å²) in [5.41, 5.74) is 8.10. The number of rotatable bonds is 2. The van der Waals surface area contributed by atoms with Gasteiger partial charge >= 0.3 is 0 Å². The highest BCUT2D eigenvalue weighted by molar-refractivity contribution is 6.08. The first-order valence-corrected chi connectivity index (χ1v) is 11.7. The summed E-state index contributed by atoms with van der Waals surface area (Å²) in [4.78, 5) is 9.27. The number of aryl methyl sites for hydroxylation is 1. The Morgan fingerprint density at radius 3 is 2.38 bits per heavy atom. The van der Waals surface area contributed by atoms with Gasteiger partial charge in [0.2, 0.25) is 5.71 Å². The zero-order chi connectivity index (χ0) is 23.4. The fourth-order valence-corrected chi connectivity index (χ4v) is 4.62. The van der Waals surface area contributed by atoms with Gasteiger partial charge in [0, 0.05) is 28.2 Å². The summed E-state index contributed by atoms with van der Waals surface area (Å²) in [5.74, 6) is 0. The molecule has 0 spiro atoms. The Bertz CT molecular complexity index is 1700. The Labute approximate surface area is 199 Å². The van der Waals surface area contributed by atoms with Crippen molar-refractivity contribution in [1.29, 1.82) is 0 Å². The topological polar surface area (TPSA) is 38.9 Å². The number of pyridine rings is 2. The lowest BCUT2D eigenvalue weighted by atomic mass is 9.85. The van der Waals surface area contributed by atoms with Gasteiger partial charge in [-0.05, 0) is 76.2 Å². The van der Waals surface area contributed by atoms with Gasteiger partial charge in [0.1, 0.15) is 5.58 Å². The van der Waals surface area contributed by atoms with Gasteiger partial charge in [-0.3, -0.25) is 4.98 Å². The molecule has 6 rings (SSSR count). The minimum absolute atomic E-state index is 0.138. The molecular formula is C31H26N2O. The number of para-hydroxylation sites is 1. The summed E-state index contributed by atoms with van der Waals surface area (Å²) < 4.78 is 6.21. The molecule has 0 radical (unpaired) electrons. The highest BCUT2D eigenvalue weighted by atomic mass is 16.3. The van der Waals surface area contributed by atoms with E-state index >= 15 is 0 Å². The largest absolute Gasteiger partial charge is 0.437 e. The molecule has 34 heavy (non-hydrogen) atoms. The predicted molar refractivity (Wildman–Crippen MR) is 141 cm³/mol. The molecule has 0 saturated carbocycles. The third-order valence-corrected chi connectivity index (χ3v) is 6.58. The average molecular weight is 443 g/mol. The molecular weight excluding hydrogens is 416 g/mol. The van der Waals surface area contributed by atoms with Crippen molar-refractivity contribution in [2.45, 2.75) is 33.1 Å². The third kappa shape index (κ3) is 3.45. The monoisotopic (exact) mass is 442 g/mol. The van der Waals surface area contributed by atoms with E-state index in [9.17, 15) is 0 Å². The molecule has 3 heterocycles. The number of benzene rings is 3. The van der Waals surface area contributed by atoms with Gasteiger partial charge in [-0.25, -0.2) is 4.98 Å². The lowest BCUT2D eigenvalue weighted by molar-refractivity contribution is 0.591. The molecule has 6 aromatic rings. The number of fused-ring (bicyclic) bond motifs is 4. The lowest BCUT2D eigenvalue weighted by Gasteiger charge is -2.19. The quantitative estimate of drug-likeness (QED) is 0.270. The molecule has 166 valence electrons. The third-order valence-electron chi connectivity index (χ3n) is 6.58. The van der Waals surface area contributed by atoms with Crippen molar-refractivity contribution in [1.82, 2.24) is 9.97 Å². The molecule has 0 aliphatic rings. The highest BCUT2D eigenvalue weighted by Crippen LogP contribution is 2.36. The van der Waals surface area contributed by atoms with E-state index in [4.69, 9.17) is 9.40 Å². The molecule has 0 bridgehead atoms. The van der Waals surface area contributed by atoms with Gasteiger partial charge in [0.05, 0.1) is 5.69 Å². The maximum Gasteiger partial charge on any atom is 0.227 e. The van der Waals surface area contributed by atoms with Gasteiger partial charge < -0.3 is 4.42 Å². The summed E-state index contributed by atoms with van der Waals surface area (Å²) in [5, 5.41) is 4.60. The summed E-state index contributed by atoms with van der Waals surface area (Å²) in [6, 6.07) is 28.0. The maximum absolute atomic E-state index is 6.21. The molecule has 3 nitrogen and oxygen atoms in total. The van der Waals surface area contributed by atoms with Crippen LogP contribution < -0.4 is 0 Å². The van der Waals surface area contributed by atoms with Crippen LogP contribution in [-0.2, 0) is 5.41 Å². The predicted octanol–water partition coefficient (Wildman–Crippen LogP) is 8.47. The molecule has 0 amide bonds. The van der Waals surface area contributed by atoms with E-state index in [-0.39, 0.29) is 5.41 Å². The minimum Gasteiger partial charge on any atom is -0.437 e. The Hall–Kier alpha value is -3.98. The summed E-state index contributed by atoms with van der Waals surface area (Å²) >= 11 is 0. The first kappa shape index (κ1) is 20.6. The molecule has 0 fully saturated rings. The second-order valence-corrected chi connectivity index (χ2v) is 10.0. The number of aromatic nitrogens is 2. The normalized spacial score (nSPS) is 12.1. The van der Waals surface area contributed by atoms with Crippen LogP contribution in [0.4, 0.5) is 0 Å². The molecule has 3 aromatic heterocycles. The van der Waals surface area contributed by atoms with Crippen molar-refractivity contribution in [3.8, 4) is 22.4 Å². The molecule has 0 aliphatic carbocycles. The number of hydrogen-bond donors (Lipinski definition) is 0. The van der Waals surface area contributed by atoms with E-state index in [1.165, 1.54) is 21.9 Å². The molecule has 0 saturated heterocycles. The molecule has 0 unspecified atom stereocenters. The Balaban J connectivity index is 1.45. The molecule has 3 aromatic carbocycles. The SMILES string of the molecule is Cc1ccc2c(n1)oc1c(-c3cc(-c4ccc5cc(C(C)(C)C)ccc5c4)ccn3)cccc12. The molecule has 0 N–H and O–H groups in total. The fourth-order valence-electron chi connectivity index (χ4n) is 4.62. The number of nitrogens with zero attached hydrogens (tertiary/aromatic N) is 2. The van der Waals surface area contributed by atoms with Crippen LogP contribution in [0.2, 0.25) is 0 Å². The van der Waals surface area contributed by atoms with Crippen molar-refractivity contribution in [2.75, 3.05) is 0 Å². The van der Waals surface area contributed by atoms with Gasteiger partial charge in [-0.1, -0.05) is 63.2 Å². The maximum atomic E-state index is 6.21. The van der Waals surface area contributed by atoms with Crippen LogP contribution in [0, 0.1) is 6.92 Å². The Morgan fingerprint density at radius 1 is 0.735 bits per heavy atom. The van der Waals surface area contributed by atoms with E-state index in [2.05, 4.69) is 98.6 Å². The lowest BCUT2D eigenvalue weighted by Crippen LogP contribution is -2.10. The average Bonchev–Trinajstić information content (AvgIpc) is 3.20. The second-order valence-electron chi connectivity index (χ2n) is 10.0. The van der Waals surface area contributed by atoms with Crippen molar-refractivity contribution in [3.63, 3.8) is 0 Å². The van der Waals surface area contributed by atoms with Crippen LogP contribution in [0.1, 0.15) is 32.0 Å². The molecule has 0 aliphatic heterocycles. The smallest absolute Gasteiger partial charge is 0.227 e. The van der Waals surface area contributed by atoms with Crippen LogP contribution in [0.25, 0.3) is 55.2 Å². The van der Waals surface area contributed by atoms with Crippen molar-refractivity contribution in [3.05, 3.63) is 96.3 Å². The van der Waals surface area contributed by atoms with E-state index in [1.54, 1.807) is 0 Å². The summed E-state index contributed by atoms with van der Waals surface area (Å²) in [7, 11) is 0.